The van der Waals surface area contributed by atoms with E-state index in [0.717, 1.165) is 5.56 Å². The van der Waals surface area contributed by atoms with Gasteiger partial charge in [0, 0.05) is 5.02 Å². The first-order valence-corrected chi connectivity index (χ1v) is 9.31. The molecule has 26 heavy (non-hydrogen) atoms. The number of sulfonamides is 1. The smallest absolute Gasteiger partial charge is 0.262 e. The Morgan fingerprint density at radius 1 is 1.27 bits per heavy atom. The van der Waals surface area contributed by atoms with Gasteiger partial charge in [0.2, 0.25) is 0 Å². The highest BCUT2D eigenvalue weighted by Crippen LogP contribution is 2.27. The van der Waals surface area contributed by atoms with Gasteiger partial charge in [0.05, 0.1) is 22.5 Å². The van der Waals surface area contributed by atoms with Crippen molar-refractivity contribution in [2.24, 2.45) is 0 Å². The molecular weight excluding hydrogens is 374 g/mol. The number of hydrogen-bond donors (Lipinski definition) is 2. The van der Waals surface area contributed by atoms with Gasteiger partial charge in [0.15, 0.2) is 0 Å². The second-order valence-electron chi connectivity index (χ2n) is 5.50. The van der Waals surface area contributed by atoms with Gasteiger partial charge in [-0.1, -0.05) is 29.8 Å². The van der Waals surface area contributed by atoms with Crippen LogP contribution in [0.5, 0.6) is 0 Å². The van der Waals surface area contributed by atoms with E-state index in [1.54, 1.807) is 37.3 Å². The summed E-state index contributed by atoms with van der Waals surface area (Å²) >= 11 is 6.04. The summed E-state index contributed by atoms with van der Waals surface area (Å²) in [4.78, 5) is 0.0362. The molecule has 3 N–H and O–H groups in total. The zero-order valence-electron chi connectivity index (χ0n) is 13.6. The molecule has 132 valence electrons. The quantitative estimate of drug-likeness (QED) is 0.713. The zero-order chi connectivity index (χ0) is 18.9. The molecule has 0 unspecified atom stereocenters. The average molecular weight is 388 g/mol. The van der Waals surface area contributed by atoms with Crippen LogP contribution in [0.15, 0.2) is 53.6 Å². The van der Waals surface area contributed by atoms with Crippen molar-refractivity contribution in [2.45, 2.75) is 11.8 Å². The molecule has 3 aromatic rings. The van der Waals surface area contributed by atoms with Gasteiger partial charge in [0.25, 0.3) is 10.0 Å². The van der Waals surface area contributed by atoms with E-state index in [-0.39, 0.29) is 22.0 Å². The number of hydrogen-bond acceptors (Lipinski definition) is 5. The van der Waals surface area contributed by atoms with Gasteiger partial charge in [-0.3, -0.25) is 4.72 Å². The number of halogens is 1. The summed E-state index contributed by atoms with van der Waals surface area (Å²) < 4.78 is 29.2. The molecule has 0 saturated carbocycles. The lowest BCUT2D eigenvalue weighted by atomic mass is 10.2. The van der Waals surface area contributed by atoms with Gasteiger partial charge in [-0.15, -0.1) is 0 Å². The number of nitrogens with zero attached hydrogens (tertiary/aromatic N) is 3. The summed E-state index contributed by atoms with van der Waals surface area (Å²) in [5.41, 5.74) is 7.55. The summed E-state index contributed by atoms with van der Waals surface area (Å²) in [6, 6.07) is 13.0. The van der Waals surface area contributed by atoms with Crippen molar-refractivity contribution in [2.75, 3.05) is 10.5 Å². The summed E-state index contributed by atoms with van der Waals surface area (Å²) in [5.74, 6) is 0.123. The average Bonchev–Trinajstić information content (AvgIpc) is 2.98. The maximum Gasteiger partial charge on any atom is 0.262 e. The lowest BCUT2D eigenvalue weighted by Gasteiger charge is -2.14. The van der Waals surface area contributed by atoms with Crippen molar-refractivity contribution in [1.29, 1.82) is 5.26 Å². The van der Waals surface area contributed by atoms with Gasteiger partial charge in [-0.2, -0.15) is 10.4 Å². The van der Waals surface area contributed by atoms with Crippen LogP contribution in [0.2, 0.25) is 5.02 Å². The number of para-hydroxylation sites is 2. The molecule has 7 nitrogen and oxygen atoms in total. The fourth-order valence-corrected chi connectivity index (χ4v) is 3.67. The van der Waals surface area contributed by atoms with E-state index in [2.05, 4.69) is 9.82 Å². The van der Waals surface area contributed by atoms with Gasteiger partial charge >= 0.3 is 0 Å². The highest BCUT2D eigenvalue weighted by molar-refractivity contribution is 7.92. The van der Waals surface area contributed by atoms with Crippen molar-refractivity contribution in [1.82, 2.24) is 9.78 Å². The van der Waals surface area contributed by atoms with E-state index < -0.39 is 10.0 Å². The molecule has 0 aliphatic carbocycles. The second kappa shape index (κ2) is 6.71. The van der Waals surface area contributed by atoms with Crippen molar-refractivity contribution < 1.29 is 8.42 Å². The summed E-state index contributed by atoms with van der Waals surface area (Å²) in [5, 5.41) is 13.4. The first kappa shape index (κ1) is 17.8. The number of nitriles is 1. The Bertz CT molecular complexity index is 1130. The number of nitrogens with one attached hydrogen (secondary N) is 1. The Kier molecular flexibility index (Phi) is 4.59. The number of rotatable bonds is 4. The van der Waals surface area contributed by atoms with Crippen molar-refractivity contribution in [3.63, 3.8) is 0 Å². The van der Waals surface area contributed by atoms with E-state index in [4.69, 9.17) is 22.6 Å². The van der Waals surface area contributed by atoms with Gasteiger partial charge in [0.1, 0.15) is 17.5 Å². The van der Waals surface area contributed by atoms with E-state index >= 15 is 0 Å². The molecule has 0 aliphatic heterocycles. The molecule has 0 radical (unpaired) electrons. The molecule has 3 rings (SSSR count). The highest BCUT2D eigenvalue weighted by Gasteiger charge is 2.19. The summed E-state index contributed by atoms with van der Waals surface area (Å²) in [6.45, 7) is 1.79. The number of nitrogens with two attached hydrogens (primary N) is 1. The molecule has 1 aromatic heterocycles. The molecule has 0 bridgehead atoms. The molecule has 0 spiro atoms. The standard InChI is InChI=1S/C17H14ClN5O2S/c1-11-6-7-13(8-14(11)18)26(24,25)22-15-4-2-3-5-16(15)23-17(20)12(9-19)10-21-23/h2-8,10,22H,20H2,1H3. The maximum atomic E-state index is 12.7. The third-order valence-corrected chi connectivity index (χ3v) is 5.53. The Morgan fingerprint density at radius 3 is 2.65 bits per heavy atom. The SMILES string of the molecule is Cc1ccc(S(=O)(=O)Nc2ccccc2-n2ncc(C#N)c2N)cc1Cl. The number of anilines is 2. The molecule has 1 heterocycles. The third kappa shape index (κ3) is 3.22. The first-order chi connectivity index (χ1) is 12.3. The minimum absolute atomic E-state index is 0.0362. The summed E-state index contributed by atoms with van der Waals surface area (Å²) in [6.07, 6.45) is 1.32. The number of aromatic nitrogens is 2. The Hall–Kier alpha value is -3.02. The number of aryl methyl sites for hydroxylation is 1. The van der Waals surface area contributed by atoms with Crippen LogP contribution in [0.25, 0.3) is 5.69 Å². The minimum Gasteiger partial charge on any atom is -0.382 e. The predicted octanol–water partition coefficient (Wildman–Crippen LogP) is 3.09. The van der Waals surface area contributed by atoms with E-state index in [1.165, 1.54) is 23.0 Å². The van der Waals surface area contributed by atoms with Crippen LogP contribution in [-0.4, -0.2) is 18.2 Å². The lowest BCUT2D eigenvalue weighted by Crippen LogP contribution is -2.15. The minimum atomic E-state index is -3.88. The van der Waals surface area contributed by atoms with E-state index in [9.17, 15) is 8.42 Å². The number of benzene rings is 2. The predicted molar refractivity (Wildman–Crippen MR) is 99.7 cm³/mol. The van der Waals surface area contributed by atoms with Crippen LogP contribution < -0.4 is 10.5 Å². The largest absolute Gasteiger partial charge is 0.382 e. The summed E-state index contributed by atoms with van der Waals surface area (Å²) in [7, 11) is -3.88. The topological polar surface area (TPSA) is 114 Å². The zero-order valence-corrected chi connectivity index (χ0v) is 15.2. The van der Waals surface area contributed by atoms with Crippen molar-refractivity contribution >= 4 is 33.1 Å². The number of nitrogen functional groups attached to an aromatic ring is 1. The van der Waals surface area contributed by atoms with Crippen LogP contribution in [0.3, 0.4) is 0 Å². The van der Waals surface area contributed by atoms with Gasteiger partial charge < -0.3 is 5.73 Å². The van der Waals surface area contributed by atoms with Crippen molar-refractivity contribution in [3.8, 4) is 11.8 Å². The molecule has 0 atom stereocenters. The normalized spacial score (nSPS) is 11.1. The van der Waals surface area contributed by atoms with Crippen LogP contribution in [0.4, 0.5) is 11.5 Å². The van der Waals surface area contributed by atoms with E-state index in [0.29, 0.717) is 10.7 Å². The molecule has 0 fully saturated rings. The Morgan fingerprint density at radius 2 is 2.00 bits per heavy atom. The molecule has 0 amide bonds. The van der Waals surface area contributed by atoms with Crippen LogP contribution in [0.1, 0.15) is 11.1 Å². The van der Waals surface area contributed by atoms with E-state index in [1.807, 2.05) is 6.07 Å². The molecule has 0 saturated heterocycles. The van der Waals surface area contributed by atoms with Crippen LogP contribution >= 0.6 is 11.6 Å². The first-order valence-electron chi connectivity index (χ1n) is 7.45. The molecule has 2 aromatic carbocycles. The van der Waals surface area contributed by atoms with Crippen LogP contribution in [0, 0.1) is 18.3 Å². The Balaban J connectivity index is 2.04. The maximum absolute atomic E-state index is 12.7. The molecular formula is C17H14ClN5O2S. The van der Waals surface area contributed by atoms with Gasteiger partial charge in [-0.05, 0) is 36.8 Å². The monoisotopic (exact) mass is 387 g/mol. The second-order valence-corrected chi connectivity index (χ2v) is 7.59. The third-order valence-electron chi connectivity index (χ3n) is 3.76. The molecule has 0 aliphatic rings. The lowest BCUT2D eigenvalue weighted by molar-refractivity contribution is 0.601. The van der Waals surface area contributed by atoms with Crippen molar-refractivity contribution in [3.05, 3.63) is 64.8 Å². The Labute approximate surface area is 155 Å². The fraction of sp³-hybridized carbons (Fsp3) is 0.0588. The van der Waals surface area contributed by atoms with Crippen LogP contribution in [-0.2, 0) is 10.0 Å². The molecule has 9 heteroatoms. The fourth-order valence-electron chi connectivity index (χ4n) is 2.33. The van der Waals surface area contributed by atoms with Gasteiger partial charge in [-0.25, -0.2) is 13.1 Å². The highest BCUT2D eigenvalue weighted by atomic mass is 35.5.